The molecule has 1 atom stereocenters. The summed E-state index contributed by atoms with van der Waals surface area (Å²) in [5, 5.41) is 3.39. The molecule has 1 aliphatic rings. The van der Waals surface area contributed by atoms with E-state index in [0.717, 1.165) is 12.5 Å². The minimum Gasteiger partial charge on any atom is -0.469 e. The van der Waals surface area contributed by atoms with Crippen LogP contribution in [0.4, 0.5) is 0 Å². The number of esters is 1. The Bertz CT molecular complexity index is 176. The minimum absolute atomic E-state index is 0.128. The van der Waals surface area contributed by atoms with E-state index in [-0.39, 0.29) is 12.0 Å². The second-order valence-corrected chi connectivity index (χ2v) is 4.24. The van der Waals surface area contributed by atoms with Crippen LogP contribution in [0.25, 0.3) is 0 Å². The first-order chi connectivity index (χ1) is 6.72. The molecule has 0 amide bonds. The predicted octanol–water partition coefficient (Wildman–Crippen LogP) is 1.72. The zero-order chi connectivity index (χ0) is 10.4. The summed E-state index contributed by atoms with van der Waals surface area (Å²) in [6.45, 7) is 3.09. The van der Waals surface area contributed by atoms with Gasteiger partial charge in [0.1, 0.15) is 0 Å². The topological polar surface area (TPSA) is 38.3 Å². The fourth-order valence-corrected chi connectivity index (χ4v) is 1.99. The number of rotatable bonds is 5. The molecule has 1 N–H and O–H groups in total. The smallest absolute Gasteiger partial charge is 0.307 e. The molecule has 3 heteroatoms. The van der Waals surface area contributed by atoms with E-state index < -0.39 is 0 Å². The Labute approximate surface area is 86.2 Å². The van der Waals surface area contributed by atoms with Gasteiger partial charge in [0.2, 0.25) is 0 Å². The molecule has 82 valence electrons. The van der Waals surface area contributed by atoms with Crippen molar-refractivity contribution in [2.75, 3.05) is 13.7 Å². The van der Waals surface area contributed by atoms with Gasteiger partial charge in [0.05, 0.1) is 13.5 Å². The highest BCUT2D eigenvalue weighted by molar-refractivity contribution is 5.69. The monoisotopic (exact) mass is 199 g/mol. The lowest BCUT2D eigenvalue weighted by molar-refractivity contribution is -0.141. The molecule has 0 saturated heterocycles. The van der Waals surface area contributed by atoms with Crippen molar-refractivity contribution < 1.29 is 9.53 Å². The van der Waals surface area contributed by atoms with Crippen molar-refractivity contribution in [2.24, 2.45) is 5.92 Å². The average Bonchev–Trinajstić information content (AvgIpc) is 2.67. The van der Waals surface area contributed by atoms with Gasteiger partial charge in [0.25, 0.3) is 0 Å². The quantitative estimate of drug-likeness (QED) is 0.685. The van der Waals surface area contributed by atoms with Crippen LogP contribution in [0, 0.1) is 5.92 Å². The highest BCUT2D eigenvalue weighted by atomic mass is 16.5. The number of carbonyl (C=O) groups is 1. The molecule has 0 heterocycles. The van der Waals surface area contributed by atoms with Crippen LogP contribution in [0.3, 0.4) is 0 Å². The molecule has 1 saturated carbocycles. The van der Waals surface area contributed by atoms with Crippen LogP contribution >= 0.6 is 0 Å². The van der Waals surface area contributed by atoms with Crippen LogP contribution in [-0.4, -0.2) is 25.7 Å². The maximum atomic E-state index is 11.0. The third kappa shape index (κ3) is 4.09. The first-order valence-electron chi connectivity index (χ1n) is 5.52. The SMILES string of the molecule is COC(=O)CC(C)NCC1CCCC1. The number of hydrogen-bond acceptors (Lipinski definition) is 3. The van der Waals surface area contributed by atoms with Crippen molar-refractivity contribution in [3.8, 4) is 0 Å². The van der Waals surface area contributed by atoms with E-state index in [1.54, 1.807) is 0 Å². The van der Waals surface area contributed by atoms with Crippen molar-refractivity contribution in [3.63, 3.8) is 0 Å². The predicted molar refractivity (Wildman–Crippen MR) is 56.1 cm³/mol. The van der Waals surface area contributed by atoms with E-state index in [0.29, 0.717) is 6.42 Å². The van der Waals surface area contributed by atoms with E-state index >= 15 is 0 Å². The summed E-state index contributed by atoms with van der Waals surface area (Å²) < 4.78 is 4.61. The number of ether oxygens (including phenoxy) is 1. The van der Waals surface area contributed by atoms with E-state index in [1.165, 1.54) is 32.8 Å². The molecule has 0 radical (unpaired) electrons. The molecule has 0 bridgehead atoms. The summed E-state index contributed by atoms with van der Waals surface area (Å²) in [7, 11) is 1.44. The maximum absolute atomic E-state index is 11.0. The standard InChI is InChI=1S/C11H21NO2/c1-9(7-11(13)14-2)12-8-10-5-3-4-6-10/h9-10,12H,3-8H2,1-2H3. The fourth-order valence-electron chi connectivity index (χ4n) is 1.99. The molecular formula is C11H21NO2. The highest BCUT2D eigenvalue weighted by Gasteiger charge is 2.16. The number of methoxy groups -OCH3 is 1. The van der Waals surface area contributed by atoms with Crippen molar-refractivity contribution in [1.82, 2.24) is 5.32 Å². The largest absolute Gasteiger partial charge is 0.469 e. The molecular weight excluding hydrogens is 178 g/mol. The van der Waals surface area contributed by atoms with Crippen molar-refractivity contribution in [1.29, 1.82) is 0 Å². The molecule has 0 aliphatic heterocycles. The van der Waals surface area contributed by atoms with Crippen LogP contribution in [-0.2, 0) is 9.53 Å². The lowest BCUT2D eigenvalue weighted by atomic mass is 10.1. The van der Waals surface area contributed by atoms with Gasteiger partial charge in [-0.05, 0) is 32.2 Å². The van der Waals surface area contributed by atoms with Crippen molar-refractivity contribution >= 4 is 5.97 Å². The van der Waals surface area contributed by atoms with E-state index in [1.807, 2.05) is 6.92 Å². The highest BCUT2D eigenvalue weighted by Crippen LogP contribution is 2.23. The third-order valence-electron chi connectivity index (χ3n) is 2.93. The third-order valence-corrected chi connectivity index (χ3v) is 2.93. The average molecular weight is 199 g/mol. The Kier molecular flexibility index (Phi) is 4.94. The maximum Gasteiger partial charge on any atom is 0.307 e. The molecule has 0 aromatic rings. The Morgan fingerprint density at radius 3 is 2.71 bits per heavy atom. The van der Waals surface area contributed by atoms with Gasteiger partial charge < -0.3 is 10.1 Å². The second kappa shape index (κ2) is 6.02. The fraction of sp³-hybridized carbons (Fsp3) is 0.909. The molecule has 0 spiro atoms. The second-order valence-electron chi connectivity index (χ2n) is 4.24. The van der Waals surface area contributed by atoms with Gasteiger partial charge in [-0.15, -0.1) is 0 Å². The van der Waals surface area contributed by atoms with Gasteiger partial charge in [-0.25, -0.2) is 0 Å². The summed E-state index contributed by atoms with van der Waals surface area (Å²) in [5.74, 6) is 0.700. The Hall–Kier alpha value is -0.570. The minimum atomic E-state index is -0.128. The van der Waals surface area contributed by atoms with E-state index in [4.69, 9.17) is 0 Å². The normalized spacial score (nSPS) is 19.6. The molecule has 1 unspecified atom stereocenters. The zero-order valence-electron chi connectivity index (χ0n) is 9.21. The molecule has 0 aromatic carbocycles. The molecule has 1 rings (SSSR count). The Morgan fingerprint density at radius 2 is 2.14 bits per heavy atom. The van der Waals surface area contributed by atoms with Gasteiger partial charge in [-0.1, -0.05) is 12.8 Å². The molecule has 0 aromatic heterocycles. The van der Waals surface area contributed by atoms with Gasteiger partial charge in [-0.3, -0.25) is 4.79 Å². The molecule has 14 heavy (non-hydrogen) atoms. The summed E-state index contributed by atoms with van der Waals surface area (Å²) in [6.07, 6.45) is 5.91. The van der Waals surface area contributed by atoms with Gasteiger partial charge in [0.15, 0.2) is 0 Å². The number of nitrogens with one attached hydrogen (secondary N) is 1. The zero-order valence-corrected chi connectivity index (χ0v) is 9.21. The van der Waals surface area contributed by atoms with Crippen molar-refractivity contribution in [3.05, 3.63) is 0 Å². The Morgan fingerprint density at radius 1 is 1.50 bits per heavy atom. The first-order valence-corrected chi connectivity index (χ1v) is 5.52. The van der Waals surface area contributed by atoms with Gasteiger partial charge in [0, 0.05) is 6.04 Å². The molecule has 3 nitrogen and oxygen atoms in total. The summed E-state index contributed by atoms with van der Waals surface area (Å²) in [4.78, 5) is 11.0. The van der Waals surface area contributed by atoms with Gasteiger partial charge in [-0.2, -0.15) is 0 Å². The van der Waals surface area contributed by atoms with Gasteiger partial charge >= 0.3 is 5.97 Å². The van der Waals surface area contributed by atoms with E-state index in [2.05, 4.69) is 10.1 Å². The van der Waals surface area contributed by atoms with Crippen LogP contribution in [0.1, 0.15) is 39.0 Å². The van der Waals surface area contributed by atoms with Crippen LogP contribution in [0.5, 0.6) is 0 Å². The summed E-state index contributed by atoms with van der Waals surface area (Å²) >= 11 is 0. The lowest BCUT2D eigenvalue weighted by Gasteiger charge is -2.15. The Balaban J connectivity index is 2.07. The van der Waals surface area contributed by atoms with Crippen LogP contribution in [0.2, 0.25) is 0 Å². The van der Waals surface area contributed by atoms with Crippen LogP contribution in [0.15, 0.2) is 0 Å². The number of carbonyl (C=O) groups excluding carboxylic acids is 1. The summed E-state index contributed by atoms with van der Waals surface area (Å²) in [6, 6.07) is 0.239. The first kappa shape index (κ1) is 11.5. The summed E-state index contributed by atoms with van der Waals surface area (Å²) in [5.41, 5.74) is 0. The van der Waals surface area contributed by atoms with E-state index in [9.17, 15) is 4.79 Å². The van der Waals surface area contributed by atoms with Crippen LogP contribution < -0.4 is 5.32 Å². The lowest BCUT2D eigenvalue weighted by Crippen LogP contribution is -2.32. The number of hydrogen-bond donors (Lipinski definition) is 1. The molecule has 1 fully saturated rings. The molecule has 1 aliphatic carbocycles. The van der Waals surface area contributed by atoms with Crippen molar-refractivity contribution in [2.45, 2.75) is 45.1 Å².